The maximum absolute atomic E-state index is 13.6. The Kier molecular flexibility index (Phi) is 3.81. The number of fused-ring (bicyclic) bond motifs is 2. The van der Waals surface area contributed by atoms with Crippen LogP contribution in [-0.4, -0.2) is 46.4 Å². The summed E-state index contributed by atoms with van der Waals surface area (Å²) in [6.45, 7) is 1.61. The van der Waals surface area contributed by atoms with Crippen molar-refractivity contribution >= 4 is 23.0 Å². The molecular formula is C24H22N2O6. The lowest BCUT2D eigenvalue weighted by Gasteiger charge is -2.36. The second-order valence-corrected chi connectivity index (χ2v) is 9.13. The van der Waals surface area contributed by atoms with Gasteiger partial charge in [0.1, 0.15) is 11.3 Å². The summed E-state index contributed by atoms with van der Waals surface area (Å²) in [5.74, 6) is -2.62. The molecule has 1 aromatic carbocycles. The van der Waals surface area contributed by atoms with E-state index in [1.807, 2.05) is 6.07 Å². The summed E-state index contributed by atoms with van der Waals surface area (Å²) in [5.41, 5.74) is 7.20. The Morgan fingerprint density at radius 1 is 1.22 bits per heavy atom. The molecular weight excluding hydrogens is 412 g/mol. The summed E-state index contributed by atoms with van der Waals surface area (Å²) >= 11 is 0. The number of phenolic OH excluding ortho intramolecular Hbond substituents is 1. The first-order valence-electron chi connectivity index (χ1n) is 10.8. The van der Waals surface area contributed by atoms with E-state index >= 15 is 0 Å². The number of ketones is 2. The zero-order valence-corrected chi connectivity index (χ0v) is 17.2. The van der Waals surface area contributed by atoms with Crippen molar-refractivity contribution in [1.29, 1.82) is 0 Å². The largest absolute Gasteiger partial charge is 0.507 e. The van der Waals surface area contributed by atoms with Crippen molar-refractivity contribution < 1.29 is 29.3 Å². The van der Waals surface area contributed by atoms with Gasteiger partial charge in [-0.25, -0.2) is 0 Å². The average Bonchev–Trinajstić information content (AvgIpc) is 3.50. The van der Waals surface area contributed by atoms with E-state index in [9.17, 15) is 24.6 Å². The van der Waals surface area contributed by atoms with E-state index in [0.717, 1.165) is 36.2 Å². The second-order valence-electron chi connectivity index (χ2n) is 9.13. The van der Waals surface area contributed by atoms with Crippen LogP contribution < -0.4 is 11.1 Å². The van der Waals surface area contributed by atoms with Crippen LogP contribution in [0.25, 0.3) is 5.57 Å². The van der Waals surface area contributed by atoms with Gasteiger partial charge in [0.15, 0.2) is 23.1 Å². The van der Waals surface area contributed by atoms with E-state index < -0.39 is 28.6 Å². The molecule has 3 aliphatic carbocycles. The van der Waals surface area contributed by atoms with Crippen LogP contribution in [-0.2, 0) is 20.7 Å². The van der Waals surface area contributed by atoms with Crippen LogP contribution in [0.1, 0.15) is 40.7 Å². The SMILES string of the molecule is NC(=O)C1=C(O)[C@@]23OC2=C2C(=O)c4c(O)ccc(C5=CCNCC5)c4CC2C[C@H]3CC1=O. The number of hydrogen-bond donors (Lipinski definition) is 4. The molecule has 0 radical (unpaired) electrons. The standard InChI is InChI=1S/C24H22N2O6/c25-23(31)19-16(28)9-12-7-11-8-14-13(10-3-5-26-6-4-10)1-2-15(27)18(14)20(29)17(11)22-24(12,32-22)21(19)30/h1-3,11-12,26-27,30H,4-9H2,(H2,25,31)/t11?,12-,24+/m0/s1. The molecule has 1 saturated heterocycles. The second kappa shape index (κ2) is 6.32. The van der Waals surface area contributed by atoms with Gasteiger partial charge in [0.05, 0.1) is 5.56 Å². The molecule has 1 aromatic rings. The van der Waals surface area contributed by atoms with Crippen molar-refractivity contribution in [3.63, 3.8) is 0 Å². The summed E-state index contributed by atoms with van der Waals surface area (Å²) in [4.78, 5) is 37.9. The molecule has 2 aliphatic heterocycles. The first-order valence-corrected chi connectivity index (χ1v) is 10.8. The summed E-state index contributed by atoms with van der Waals surface area (Å²) in [7, 11) is 0. The molecule has 1 unspecified atom stereocenters. The fraction of sp³-hybridized carbons (Fsp3) is 0.375. The van der Waals surface area contributed by atoms with Crippen molar-refractivity contribution in [1.82, 2.24) is 5.32 Å². The van der Waals surface area contributed by atoms with E-state index in [1.165, 1.54) is 0 Å². The Morgan fingerprint density at radius 2 is 2.03 bits per heavy atom. The Hall–Kier alpha value is -3.39. The molecule has 3 atom stereocenters. The van der Waals surface area contributed by atoms with Crippen LogP contribution in [0.2, 0.25) is 0 Å². The summed E-state index contributed by atoms with van der Waals surface area (Å²) in [5, 5.41) is 24.6. The Morgan fingerprint density at radius 3 is 2.75 bits per heavy atom. The number of nitrogens with one attached hydrogen (secondary N) is 1. The molecule has 32 heavy (non-hydrogen) atoms. The quantitative estimate of drug-likeness (QED) is 0.407. The minimum atomic E-state index is -1.32. The van der Waals surface area contributed by atoms with Gasteiger partial charge in [0.25, 0.3) is 5.91 Å². The lowest BCUT2D eigenvalue weighted by atomic mass is 9.63. The fourth-order valence-electron chi connectivity index (χ4n) is 6.07. The Bertz CT molecular complexity index is 1240. The van der Waals surface area contributed by atoms with Gasteiger partial charge in [0.2, 0.25) is 5.60 Å². The van der Waals surface area contributed by atoms with Crippen molar-refractivity contribution in [2.75, 3.05) is 13.1 Å². The van der Waals surface area contributed by atoms with Gasteiger partial charge in [-0.15, -0.1) is 0 Å². The molecule has 0 aromatic heterocycles. The van der Waals surface area contributed by atoms with Crippen LogP contribution in [0.15, 0.2) is 40.9 Å². The molecule has 5 N–H and O–H groups in total. The summed E-state index contributed by atoms with van der Waals surface area (Å²) < 4.78 is 5.84. The van der Waals surface area contributed by atoms with E-state index in [1.54, 1.807) is 6.07 Å². The lowest BCUT2D eigenvalue weighted by molar-refractivity contribution is -0.123. The number of carbonyl (C=O) groups excluding carboxylic acids is 3. The molecule has 8 nitrogen and oxygen atoms in total. The number of carbonyl (C=O) groups is 3. The first-order chi connectivity index (χ1) is 15.3. The number of aliphatic hydroxyl groups excluding tert-OH is 1. The number of primary amides is 1. The molecule has 164 valence electrons. The fourth-order valence-corrected chi connectivity index (χ4v) is 6.07. The minimum Gasteiger partial charge on any atom is -0.507 e. The number of epoxide rings is 1. The first kappa shape index (κ1) is 19.3. The number of phenols is 1. The molecule has 5 aliphatic rings. The molecule has 1 spiro atoms. The van der Waals surface area contributed by atoms with E-state index in [2.05, 4.69) is 11.4 Å². The summed E-state index contributed by atoms with van der Waals surface area (Å²) in [6, 6.07) is 3.42. The molecule has 1 fully saturated rings. The Labute approximate surface area is 183 Å². The average molecular weight is 434 g/mol. The highest BCUT2D eigenvalue weighted by Gasteiger charge is 2.71. The normalized spacial score (nSPS) is 30.6. The number of nitrogens with two attached hydrogens (primary N) is 1. The molecule has 8 heteroatoms. The molecule has 0 bridgehead atoms. The smallest absolute Gasteiger partial charge is 0.255 e. The van der Waals surface area contributed by atoms with Crippen molar-refractivity contribution in [3.05, 3.63) is 57.6 Å². The zero-order chi connectivity index (χ0) is 22.4. The number of allylic oxidation sites excluding steroid dienone is 1. The van der Waals surface area contributed by atoms with Gasteiger partial charge in [-0.2, -0.15) is 0 Å². The predicted molar refractivity (Wildman–Crippen MR) is 113 cm³/mol. The minimum absolute atomic E-state index is 0.0282. The van der Waals surface area contributed by atoms with Crippen LogP contribution in [0, 0.1) is 11.8 Å². The van der Waals surface area contributed by atoms with Crippen LogP contribution in [0.4, 0.5) is 0 Å². The number of Topliss-reactive ketones (excluding diaryl/α,β-unsaturated/α-hetero) is 2. The molecule has 1 amide bonds. The van der Waals surface area contributed by atoms with E-state index in [-0.39, 0.29) is 35.4 Å². The maximum Gasteiger partial charge on any atom is 0.255 e. The van der Waals surface area contributed by atoms with E-state index in [0.29, 0.717) is 24.2 Å². The third kappa shape index (κ3) is 2.33. The topological polar surface area (TPSA) is 142 Å². The van der Waals surface area contributed by atoms with Crippen molar-refractivity contribution in [2.24, 2.45) is 17.6 Å². The summed E-state index contributed by atoms with van der Waals surface area (Å²) in [6.07, 6.45) is 3.97. The molecule has 0 saturated carbocycles. The number of ether oxygens (including phenoxy) is 1. The highest BCUT2D eigenvalue weighted by molar-refractivity contribution is 6.21. The van der Waals surface area contributed by atoms with Gasteiger partial charge in [0, 0.05) is 24.5 Å². The van der Waals surface area contributed by atoms with Crippen LogP contribution >= 0.6 is 0 Å². The number of aromatic hydroxyl groups is 1. The van der Waals surface area contributed by atoms with Crippen molar-refractivity contribution in [2.45, 2.75) is 31.3 Å². The monoisotopic (exact) mass is 434 g/mol. The van der Waals surface area contributed by atoms with Gasteiger partial charge < -0.3 is 26.0 Å². The number of amides is 1. The number of rotatable bonds is 2. The lowest BCUT2D eigenvalue weighted by Crippen LogP contribution is -2.43. The number of benzene rings is 1. The van der Waals surface area contributed by atoms with Crippen LogP contribution in [0.5, 0.6) is 5.75 Å². The maximum atomic E-state index is 13.6. The number of aliphatic hydroxyl groups is 1. The highest BCUT2D eigenvalue weighted by Crippen LogP contribution is 2.64. The molecule has 2 heterocycles. The van der Waals surface area contributed by atoms with Crippen LogP contribution in [0.3, 0.4) is 0 Å². The van der Waals surface area contributed by atoms with Gasteiger partial charge in [-0.05, 0) is 54.5 Å². The third-order valence-corrected chi connectivity index (χ3v) is 7.52. The third-order valence-electron chi connectivity index (χ3n) is 7.52. The predicted octanol–water partition coefficient (Wildman–Crippen LogP) is 1.44. The Balaban J connectivity index is 1.51. The van der Waals surface area contributed by atoms with Crippen molar-refractivity contribution in [3.8, 4) is 5.75 Å². The number of hydrogen-bond acceptors (Lipinski definition) is 7. The van der Waals surface area contributed by atoms with E-state index in [4.69, 9.17) is 10.5 Å². The molecule has 6 rings (SSSR count). The van der Waals surface area contributed by atoms with Gasteiger partial charge >= 0.3 is 0 Å². The highest BCUT2D eigenvalue weighted by atomic mass is 16.6. The van der Waals surface area contributed by atoms with Gasteiger partial charge in [-0.1, -0.05) is 12.1 Å². The zero-order valence-electron chi connectivity index (χ0n) is 17.2. The van der Waals surface area contributed by atoms with Gasteiger partial charge in [-0.3, -0.25) is 14.4 Å².